The second-order valence-electron chi connectivity index (χ2n) is 6.00. The highest BCUT2D eigenvalue weighted by Gasteiger charge is 2.24. The molecule has 3 aromatic rings. The summed E-state index contributed by atoms with van der Waals surface area (Å²) in [6, 6.07) is 15.1. The summed E-state index contributed by atoms with van der Waals surface area (Å²) >= 11 is 0. The van der Waals surface area contributed by atoms with Crippen LogP contribution in [0.5, 0.6) is 0 Å². The maximum Gasteiger partial charge on any atom is 0.0550 e. The van der Waals surface area contributed by atoms with E-state index in [1.54, 1.807) is 0 Å². The Morgan fingerprint density at radius 1 is 1.09 bits per heavy atom. The van der Waals surface area contributed by atoms with Gasteiger partial charge >= 0.3 is 0 Å². The number of hydrogen-bond donors (Lipinski definition) is 1. The maximum absolute atomic E-state index is 4.65. The Balaban J connectivity index is 1.59. The van der Waals surface area contributed by atoms with Crippen LogP contribution in [-0.2, 0) is 6.54 Å². The summed E-state index contributed by atoms with van der Waals surface area (Å²) in [7, 11) is 0. The number of fused-ring (bicyclic) bond motifs is 1. The fraction of sp³-hybridized carbons (Fsp3) is 0.263. The lowest BCUT2D eigenvalue weighted by atomic mass is 10.0. The van der Waals surface area contributed by atoms with Crippen molar-refractivity contribution in [2.75, 3.05) is 19.6 Å². The third-order valence-electron chi connectivity index (χ3n) is 4.48. The molecule has 0 radical (unpaired) electrons. The van der Waals surface area contributed by atoms with E-state index in [9.17, 15) is 0 Å². The van der Waals surface area contributed by atoms with Gasteiger partial charge in [0.1, 0.15) is 0 Å². The summed E-state index contributed by atoms with van der Waals surface area (Å²) < 4.78 is 0. The van der Waals surface area contributed by atoms with E-state index in [4.69, 9.17) is 0 Å². The molecule has 0 amide bonds. The van der Waals surface area contributed by atoms with Gasteiger partial charge in [0.05, 0.1) is 5.69 Å². The Hall–Kier alpha value is -2.30. The van der Waals surface area contributed by atoms with Crippen LogP contribution in [0.25, 0.3) is 10.8 Å². The molecule has 0 aliphatic carbocycles. The molecule has 1 atom stereocenters. The average Bonchev–Trinajstić information content (AvgIpc) is 2.63. The zero-order chi connectivity index (χ0) is 15.5. The molecule has 4 nitrogen and oxygen atoms in total. The van der Waals surface area contributed by atoms with Gasteiger partial charge in [-0.15, -0.1) is 0 Å². The molecule has 1 unspecified atom stereocenters. The molecule has 1 N–H and O–H groups in total. The molecule has 116 valence electrons. The van der Waals surface area contributed by atoms with Crippen molar-refractivity contribution >= 4 is 10.8 Å². The molecular formula is C19H20N4. The van der Waals surface area contributed by atoms with E-state index in [1.165, 1.54) is 16.3 Å². The van der Waals surface area contributed by atoms with Crippen LogP contribution in [0.15, 0.2) is 61.1 Å². The lowest BCUT2D eigenvalue weighted by molar-refractivity contribution is 0.152. The van der Waals surface area contributed by atoms with Gasteiger partial charge in [-0.05, 0) is 23.1 Å². The highest BCUT2D eigenvalue weighted by molar-refractivity contribution is 5.81. The number of hydrogen-bond acceptors (Lipinski definition) is 4. The molecule has 2 aromatic heterocycles. The van der Waals surface area contributed by atoms with Crippen molar-refractivity contribution in [1.29, 1.82) is 0 Å². The van der Waals surface area contributed by atoms with E-state index in [0.29, 0.717) is 6.04 Å². The fourth-order valence-electron chi connectivity index (χ4n) is 3.26. The number of aromatic nitrogens is 2. The highest BCUT2D eigenvalue weighted by Crippen LogP contribution is 2.24. The smallest absolute Gasteiger partial charge is 0.0550 e. The summed E-state index contributed by atoms with van der Waals surface area (Å²) in [6.07, 6.45) is 5.78. The largest absolute Gasteiger partial charge is 0.314 e. The molecule has 0 saturated carbocycles. The number of nitrogens with zero attached hydrogens (tertiary/aromatic N) is 3. The molecular weight excluding hydrogens is 284 g/mol. The summed E-state index contributed by atoms with van der Waals surface area (Å²) in [5.41, 5.74) is 2.39. The van der Waals surface area contributed by atoms with E-state index in [2.05, 4.69) is 56.6 Å². The average molecular weight is 304 g/mol. The summed E-state index contributed by atoms with van der Waals surface area (Å²) in [5, 5.41) is 5.94. The normalized spacial score (nSPS) is 19.0. The molecule has 23 heavy (non-hydrogen) atoms. The van der Waals surface area contributed by atoms with Crippen molar-refractivity contribution in [3.05, 3.63) is 72.3 Å². The Kier molecular flexibility index (Phi) is 4.01. The first-order valence-electron chi connectivity index (χ1n) is 8.08. The van der Waals surface area contributed by atoms with E-state index < -0.39 is 0 Å². The van der Waals surface area contributed by atoms with Crippen LogP contribution >= 0.6 is 0 Å². The van der Waals surface area contributed by atoms with Crippen LogP contribution < -0.4 is 5.32 Å². The maximum atomic E-state index is 4.65. The SMILES string of the molecule is c1cncc(C2CNCCN2Cc2cc3ccccc3cn2)c1. The molecule has 1 aliphatic heterocycles. The topological polar surface area (TPSA) is 41.1 Å². The van der Waals surface area contributed by atoms with Crippen LogP contribution in [0.2, 0.25) is 0 Å². The Morgan fingerprint density at radius 2 is 2.00 bits per heavy atom. The summed E-state index contributed by atoms with van der Waals surface area (Å²) in [6.45, 7) is 3.86. The molecule has 0 bridgehead atoms. The zero-order valence-electron chi connectivity index (χ0n) is 13.0. The van der Waals surface area contributed by atoms with Gasteiger partial charge in [0.2, 0.25) is 0 Å². The predicted molar refractivity (Wildman–Crippen MR) is 92.0 cm³/mol. The molecule has 3 heterocycles. The minimum Gasteiger partial charge on any atom is -0.314 e. The third-order valence-corrected chi connectivity index (χ3v) is 4.48. The fourth-order valence-corrected chi connectivity index (χ4v) is 3.26. The first kappa shape index (κ1) is 14.3. The van der Waals surface area contributed by atoms with Crippen LogP contribution in [0.4, 0.5) is 0 Å². The Morgan fingerprint density at radius 3 is 2.87 bits per heavy atom. The quantitative estimate of drug-likeness (QED) is 0.808. The van der Waals surface area contributed by atoms with E-state index in [-0.39, 0.29) is 0 Å². The van der Waals surface area contributed by atoms with Crippen molar-refractivity contribution in [3.8, 4) is 0 Å². The first-order chi connectivity index (χ1) is 11.4. The molecule has 1 fully saturated rings. The number of rotatable bonds is 3. The van der Waals surface area contributed by atoms with Gasteiger partial charge in [-0.25, -0.2) is 0 Å². The predicted octanol–water partition coefficient (Wildman–Crippen LogP) is 2.78. The van der Waals surface area contributed by atoms with Crippen molar-refractivity contribution < 1.29 is 0 Å². The van der Waals surface area contributed by atoms with Crippen molar-refractivity contribution in [1.82, 2.24) is 20.2 Å². The van der Waals surface area contributed by atoms with Crippen molar-refractivity contribution in [2.24, 2.45) is 0 Å². The van der Waals surface area contributed by atoms with Crippen LogP contribution in [-0.4, -0.2) is 34.5 Å². The van der Waals surface area contributed by atoms with Crippen LogP contribution in [0.1, 0.15) is 17.3 Å². The molecule has 1 saturated heterocycles. The molecule has 0 spiro atoms. The molecule has 1 aliphatic rings. The number of pyridine rings is 2. The number of piperazine rings is 1. The van der Waals surface area contributed by atoms with Crippen LogP contribution in [0.3, 0.4) is 0 Å². The van der Waals surface area contributed by atoms with Crippen molar-refractivity contribution in [3.63, 3.8) is 0 Å². The number of nitrogens with one attached hydrogen (secondary N) is 1. The second-order valence-corrected chi connectivity index (χ2v) is 6.00. The van der Waals surface area contributed by atoms with E-state index in [1.807, 2.05) is 24.7 Å². The van der Waals surface area contributed by atoms with Crippen LogP contribution in [0, 0.1) is 0 Å². The third kappa shape index (κ3) is 3.09. The minimum absolute atomic E-state index is 0.353. The molecule has 4 rings (SSSR count). The first-order valence-corrected chi connectivity index (χ1v) is 8.08. The van der Waals surface area contributed by atoms with Crippen molar-refractivity contribution in [2.45, 2.75) is 12.6 Å². The monoisotopic (exact) mass is 304 g/mol. The molecule has 4 heteroatoms. The highest BCUT2D eigenvalue weighted by atomic mass is 15.2. The number of benzene rings is 1. The van der Waals surface area contributed by atoms with E-state index >= 15 is 0 Å². The Labute approximate surface area is 136 Å². The summed E-state index contributed by atoms with van der Waals surface area (Å²) in [4.78, 5) is 11.4. The van der Waals surface area contributed by atoms with Gasteiger partial charge in [-0.3, -0.25) is 14.9 Å². The Bertz CT molecular complexity index is 787. The van der Waals surface area contributed by atoms with Gasteiger partial charge in [0, 0.05) is 56.2 Å². The lowest BCUT2D eigenvalue weighted by Gasteiger charge is -2.36. The molecule has 1 aromatic carbocycles. The van der Waals surface area contributed by atoms with Gasteiger partial charge in [0.15, 0.2) is 0 Å². The standard InChI is InChI=1S/C19H20N4/c1-2-5-16-12-22-18(10-15(16)4-1)14-23-9-8-21-13-19(23)17-6-3-7-20-11-17/h1-7,10-12,19,21H,8-9,13-14H2. The van der Waals surface area contributed by atoms with Gasteiger partial charge in [-0.1, -0.05) is 30.3 Å². The lowest BCUT2D eigenvalue weighted by Crippen LogP contribution is -2.45. The van der Waals surface area contributed by atoms with Gasteiger partial charge < -0.3 is 5.32 Å². The van der Waals surface area contributed by atoms with Gasteiger partial charge in [0.25, 0.3) is 0 Å². The minimum atomic E-state index is 0.353. The summed E-state index contributed by atoms with van der Waals surface area (Å²) in [5.74, 6) is 0. The zero-order valence-corrected chi connectivity index (χ0v) is 13.0. The van der Waals surface area contributed by atoms with Gasteiger partial charge in [-0.2, -0.15) is 0 Å². The second kappa shape index (κ2) is 6.44. The van der Waals surface area contributed by atoms with E-state index in [0.717, 1.165) is 31.9 Å².